The van der Waals surface area contributed by atoms with Crippen LogP contribution in [0.4, 0.5) is 4.39 Å². The van der Waals surface area contributed by atoms with Crippen LogP contribution in [0.5, 0.6) is 5.75 Å². The second kappa shape index (κ2) is 6.87. The van der Waals surface area contributed by atoms with Crippen LogP contribution in [0.2, 0.25) is 0 Å². The Morgan fingerprint density at radius 1 is 1.26 bits per heavy atom. The van der Waals surface area contributed by atoms with Crippen LogP contribution in [0, 0.1) is 19.7 Å². The molecule has 1 N–H and O–H groups in total. The SMILES string of the molecule is Cc1cc(C)c2c(c1)C(NC(=O)c1cncn1-c1ccc(F)cc1)CCO2. The average Bonchev–Trinajstić information content (AvgIpc) is 3.13. The number of aromatic nitrogens is 2. The molecule has 1 aliphatic heterocycles. The molecule has 0 bridgehead atoms. The highest BCUT2D eigenvalue weighted by molar-refractivity contribution is 5.93. The Bertz CT molecular complexity index is 995. The molecule has 5 nitrogen and oxygen atoms in total. The molecule has 1 unspecified atom stereocenters. The number of halogens is 1. The summed E-state index contributed by atoms with van der Waals surface area (Å²) in [5.41, 5.74) is 4.28. The molecule has 2 heterocycles. The number of amides is 1. The first-order valence-electron chi connectivity index (χ1n) is 8.86. The standard InChI is InChI=1S/C21H20FN3O2/c1-13-9-14(2)20-17(10-13)18(7-8-27-20)24-21(26)19-11-23-12-25(19)16-5-3-15(22)4-6-16/h3-6,9-12,18H,7-8H2,1-2H3,(H,24,26). The summed E-state index contributed by atoms with van der Waals surface area (Å²) in [4.78, 5) is 17.0. The minimum Gasteiger partial charge on any atom is -0.493 e. The molecule has 6 heteroatoms. The quantitative estimate of drug-likeness (QED) is 0.766. The second-order valence-corrected chi connectivity index (χ2v) is 6.79. The van der Waals surface area contributed by atoms with Gasteiger partial charge in [-0.15, -0.1) is 0 Å². The fourth-order valence-corrected chi connectivity index (χ4v) is 3.53. The van der Waals surface area contributed by atoms with Gasteiger partial charge >= 0.3 is 0 Å². The summed E-state index contributed by atoms with van der Waals surface area (Å²) in [6, 6.07) is 9.95. The molecule has 1 amide bonds. The minimum atomic E-state index is -0.325. The van der Waals surface area contributed by atoms with E-state index in [1.54, 1.807) is 23.0 Å². The van der Waals surface area contributed by atoms with Crippen LogP contribution in [0.15, 0.2) is 48.9 Å². The molecule has 0 spiro atoms. The van der Waals surface area contributed by atoms with Gasteiger partial charge in [0.15, 0.2) is 0 Å². The molecule has 0 radical (unpaired) electrons. The van der Waals surface area contributed by atoms with Crippen LogP contribution < -0.4 is 10.1 Å². The zero-order valence-corrected chi connectivity index (χ0v) is 15.2. The van der Waals surface area contributed by atoms with Crippen molar-refractivity contribution >= 4 is 5.91 Å². The number of benzene rings is 2. The minimum absolute atomic E-state index is 0.128. The van der Waals surface area contributed by atoms with E-state index in [4.69, 9.17) is 4.74 Å². The lowest BCUT2D eigenvalue weighted by Crippen LogP contribution is -2.33. The molecule has 1 aliphatic rings. The molecule has 1 atom stereocenters. The molecular formula is C21H20FN3O2. The molecule has 138 valence electrons. The number of nitrogens with zero attached hydrogens (tertiary/aromatic N) is 2. The highest BCUT2D eigenvalue weighted by Gasteiger charge is 2.26. The molecule has 0 fully saturated rings. The third-order valence-corrected chi connectivity index (χ3v) is 4.76. The Balaban J connectivity index is 1.62. The third kappa shape index (κ3) is 3.30. The van der Waals surface area contributed by atoms with Gasteiger partial charge in [-0.3, -0.25) is 9.36 Å². The third-order valence-electron chi connectivity index (χ3n) is 4.76. The number of nitrogens with one attached hydrogen (secondary N) is 1. The topological polar surface area (TPSA) is 56.2 Å². The number of carbonyl (C=O) groups excluding carboxylic acids is 1. The van der Waals surface area contributed by atoms with Crippen molar-refractivity contribution in [2.45, 2.75) is 26.3 Å². The lowest BCUT2D eigenvalue weighted by atomic mass is 9.95. The molecule has 0 saturated heterocycles. The van der Waals surface area contributed by atoms with Gasteiger partial charge < -0.3 is 10.1 Å². The Kier molecular flexibility index (Phi) is 4.39. The molecule has 0 aliphatic carbocycles. The Morgan fingerprint density at radius 3 is 2.81 bits per heavy atom. The largest absolute Gasteiger partial charge is 0.493 e. The Morgan fingerprint density at radius 2 is 2.04 bits per heavy atom. The number of hydrogen-bond donors (Lipinski definition) is 1. The normalized spacial score (nSPS) is 15.7. The summed E-state index contributed by atoms with van der Waals surface area (Å²) < 4.78 is 20.6. The first-order valence-corrected chi connectivity index (χ1v) is 8.86. The predicted octanol–water partition coefficient (Wildman–Crippen LogP) is 3.88. The molecule has 4 rings (SSSR count). The van der Waals surface area contributed by atoms with Gasteiger partial charge in [0, 0.05) is 17.7 Å². The molecule has 0 saturated carbocycles. The summed E-state index contributed by atoms with van der Waals surface area (Å²) in [5, 5.41) is 3.10. The summed E-state index contributed by atoms with van der Waals surface area (Å²) >= 11 is 0. The van der Waals surface area contributed by atoms with Crippen LogP contribution >= 0.6 is 0 Å². The second-order valence-electron chi connectivity index (χ2n) is 6.79. The van der Waals surface area contributed by atoms with Gasteiger partial charge in [-0.2, -0.15) is 0 Å². The lowest BCUT2D eigenvalue weighted by Gasteiger charge is -2.28. The summed E-state index contributed by atoms with van der Waals surface area (Å²) in [5.74, 6) is 0.299. The smallest absolute Gasteiger partial charge is 0.270 e. The molecule has 2 aromatic carbocycles. The highest BCUT2D eigenvalue weighted by atomic mass is 19.1. The lowest BCUT2D eigenvalue weighted by molar-refractivity contribution is 0.0917. The number of fused-ring (bicyclic) bond motifs is 1. The maximum absolute atomic E-state index is 13.2. The van der Waals surface area contributed by atoms with Crippen molar-refractivity contribution in [1.29, 1.82) is 0 Å². The number of carbonyl (C=O) groups is 1. The summed E-state index contributed by atoms with van der Waals surface area (Å²) in [7, 11) is 0. The van der Waals surface area contributed by atoms with Crippen LogP contribution in [0.1, 0.15) is 39.6 Å². The van der Waals surface area contributed by atoms with E-state index in [0.717, 1.165) is 22.4 Å². The number of hydrogen-bond acceptors (Lipinski definition) is 3. The van der Waals surface area contributed by atoms with Gasteiger partial charge in [-0.05, 0) is 43.7 Å². The van der Waals surface area contributed by atoms with E-state index < -0.39 is 0 Å². The van der Waals surface area contributed by atoms with Crippen LogP contribution in [-0.4, -0.2) is 22.1 Å². The predicted molar refractivity (Wildman–Crippen MR) is 99.8 cm³/mol. The van der Waals surface area contributed by atoms with Crippen molar-refractivity contribution in [3.05, 3.63) is 77.1 Å². The number of rotatable bonds is 3. The van der Waals surface area contributed by atoms with Crippen molar-refractivity contribution in [3.63, 3.8) is 0 Å². The van der Waals surface area contributed by atoms with Crippen LogP contribution in [0.3, 0.4) is 0 Å². The van der Waals surface area contributed by atoms with Gasteiger partial charge in [0.2, 0.25) is 0 Å². The van der Waals surface area contributed by atoms with Crippen LogP contribution in [0.25, 0.3) is 5.69 Å². The van der Waals surface area contributed by atoms with Crippen molar-refractivity contribution in [2.75, 3.05) is 6.61 Å². The van der Waals surface area contributed by atoms with Gasteiger partial charge in [0.1, 0.15) is 17.3 Å². The van der Waals surface area contributed by atoms with Crippen LogP contribution in [-0.2, 0) is 0 Å². The van der Waals surface area contributed by atoms with E-state index in [1.165, 1.54) is 18.3 Å². The van der Waals surface area contributed by atoms with Crippen molar-refractivity contribution in [3.8, 4) is 11.4 Å². The zero-order valence-electron chi connectivity index (χ0n) is 15.2. The maximum Gasteiger partial charge on any atom is 0.270 e. The van der Waals surface area contributed by atoms with Gasteiger partial charge in [-0.1, -0.05) is 17.7 Å². The van der Waals surface area contributed by atoms with E-state index >= 15 is 0 Å². The van der Waals surface area contributed by atoms with Gasteiger partial charge in [-0.25, -0.2) is 9.37 Å². The van der Waals surface area contributed by atoms with E-state index in [-0.39, 0.29) is 17.8 Å². The monoisotopic (exact) mass is 365 g/mol. The summed E-state index contributed by atoms with van der Waals surface area (Å²) in [6.45, 7) is 4.60. The molecular weight excluding hydrogens is 345 g/mol. The van der Waals surface area contributed by atoms with E-state index in [9.17, 15) is 9.18 Å². The number of aryl methyl sites for hydroxylation is 2. The van der Waals surface area contributed by atoms with Crippen molar-refractivity contribution < 1.29 is 13.9 Å². The first kappa shape index (κ1) is 17.3. The van der Waals surface area contributed by atoms with Gasteiger partial charge in [0.05, 0.1) is 25.2 Å². The zero-order chi connectivity index (χ0) is 19.0. The van der Waals surface area contributed by atoms with E-state index in [1.807, 2.05) is 13.8 Å². The fraction of sp³-hybridized carbons (Fsp3) is 0.238. The van der Waals surface area contributed by atoms with Gasteiger partial charge in [0.25, 0.3) is 5.91 Å². The number of ether oxygens (including phenoxy) is 1. The highest BCUT2D eigenvalue weighted by Crippen LogP contribution is 2.35. The Hall–Kier alpha value is -3.15. The average molecular weight is 365 g/mol. The molecule has 1 aromatic heterocycles. The summed E-state index contributed by atoms with van der Waals surface area (Å²) in [6.07, 6.45) is 3.76. The molecule has 27 heavy (non-hydrogen) atoms. The molecule has 3 aromatic rings. The maximum atomic E-state index is 13.2. The van der Waals surface area contributed by atoms with E-state index in [2.05, 4.69) is 22.4 Å². The Labute approximate surface area is 156 Å². The van der Waals surface area contributed by atoms with E-state index in [0.29, 0.717) is 24.4 Å². The van der Waals surface area contributed by atoms with Crippen molar-refractivity contribution in [2.24, 2.45) is 0 Å². The fourth-order valence-electron chi connectivity index (χ4n) is 3.53. The first-order chi connectivity index (χ1) is 13.0. The number of imidazole rings is 1. The van der Waals surface area contributed by atoms with Crippen molar-refractivity contribution in [1.82, 2.24) is 14.9 Å².